The summed E-state index contributed by atoms with van der Waals surface area (Å²) < 4.78 is 8.14. The number of fused-ring (bicyclic) bond motifs is 2. The van der Waals surface area contributed by atoms with Crippen molar-refractivity contribution < 1.29 is 9.53 Å². The first-order chi connectivity index (χ1) is 12.2. The molecule has 132 valence electrons. The van der Waals surface area contributed by atoms with Crippen molar-refractivity contribution in [3.05, 3.63) is 52.8 Å². The Balaban J connectivity index is 1.57. The highest BCUT2D eigenvalue weighted by atomic mass is 16.5. The summed E-state index contributed by atoms with van der Waals surface area (Å²) in [6, 6.07) is 10.5. The maximum absolute atomic E-state index is 11.8. The van der Waals surface area contributed by atoms with E-state index in [4.69, 9.17) is 10.5 Å². The number of carbonyl (C=O) groups is 1. The smallest absolute Gasteiger partial charge is 0.250 e. The summed E-state index contributed by atoms with van der Waals surface area (Å²) in [6.45, 7) is 2.48. The first-order valence-corrected chi connectivity index (χ1v) is 9.20. The molecule has 0 fully saturated rings. The standard InChI is InChI=1S/C20H25N3O2/c21-20(24)16-12-14(23-10-4-3-8-18(16)23)13-22-17-7-5-11-25-19-9-2-1-6-15(17)19/h1-2,6,9,12,17,22H,3-5,7-8,10-11,13H2,(H2,21,24). The van der Waals surface area contributed by atoms with Gasteiger partial charge in [0, 0.05) is 36.1 Å². The molecule has 1 aromatic heterocycles. The Kier molecular flexibility index (Phi) is 4.49. The van der Waals surface area contributed by atoms with Gasteiger partial charge in [0.15, 0.2) is 0 Å². The highest BCUT2D eigenvalue weighted by Crippen LogP contribution is 2.32. The number of nitrogens with two attached hydrogens (primary N) is 1. The van der Waals surface area contributed by atoms with Gasteiger partial charge in [0.2, 0.25) is 0 Å². The van der Waals surface area contributed by atoms with E-state index in [0.29, 0.717) is 5.56 Å². The third kappa shape index (κ3) is 3.16. The quantitative estimate of drug-likeness (QED) is 0.900. The molecule has 3 heterocycles. The average Bonchev–Trinajstić information content (AvgIpc) is 2.88. The van der Waals surface area contributed by atoms with E-state index in [9.17, 15) is 4.79 Å². The molecule has 3 N–H and O–H groups in total. The number of primary amides is 1. The number of para-hydroxylation sites is 1. The zero-order valence-electron chi connectivity index (χ0n) is 14.5. The summed E-state index contributed by atoms with van der Waals surface area (Å²) in [5, 5.41) is 3.68. The largest absolute Gasteiger partial charge is 0.493 e. The van der Waals surface area contributed by atoms with Gasteiger partial charge in [-0.05, 0) is 44.2 Å². The Labute approximate surface area is 148 Å². The molecule has 2 aromatic rings. The summed E-state index contributed by atoms with van der Waals surface area (Å²) in [4.78, 5) is 11.8. The van der Waals surface area contributed by atoms with Gasteiger partial charge < -0.3 is 20.4 Å². The van der Waals surface area contributed by atoms with E-state index in [2.05, 4.69) is 22.0 Å². The van der Waals surface area contributed by atoms with Crippen LogP contribution < -0.4 is 15.8 Å². The number of aromatic nitrogens is 1. The maximum atomic E-state index is 11.8. The lowest BCUT2D eigenvalue weighted by Crippen LogP contribution is -2.23. The molecule has 2 aliphatic rings. The van der Waals surface area contributed by atoms with Crippen molar-refractivity contribution in [2.75, 3.05) is 6.61 Å². The molecule has 0 saturated carbocycles. The zero-order chi connectivity index (χ0) is 17.2. The van der Waals surface area contributed by atoms with E-state index >= 15 is 0 Å². The fraction of sp³-hybridized carbons (Fsp3) is 0.450. The van der Waals surface area contributed by atoms with Gasteiger partial charge in [-0.2, -0.15) is 0 Å². The van der Waals surface area contributed by atoms with E-state index in [1.165, 1.54) is 5.56 Å². The van der Waals surface area contributed by atoms with Gasteiger partial charge in [0.25, 0.3) is 5.91 Å². The number of carbonyl (C=O) groups excluding carboxylic acids is 1. The highest BCUT2D eigenvalue weighted by Gasteiger charge is 2.23. The van der Waals surface area contributed by atoms with Gasteiger partial charge in [0.05, 0.1) is 12.2 Å². The summed E-state index contributed by atoms with van der Waals surface area (Å²) in [7, 11) is 0. The van der Waals surface area contributed by atoms with Crippen molar-refractivity contribution in [2.45, 2.75) is 51.2 Å². The van der Waals surface area contributed by atoms with Gasteiger partial charge in [-0.15, -0.1) is 0 Å². The SMILES string of the molecule is NC(=O)c1cc(CNC2CCCOc3ccccc32)n2c1CCCC2. The molecule has 1 aromatic carbocycles. The molecule has 4 rings (SSSR count). The first kappa shape index (κ1) is 16.2. The number of rotatable bonds is 4. The minimum atomic E-state index is -0.315. The van der Waals surface area contributed by atoms with Gasteiger partial charge in [-0.1, -0.05) is 18.2 Å². The Morgan fingerprint density at radius 1 is 1.28 bits per heavy atom. The summed E-state index contributed by atoms with van der Waals surface area (Å²) in [6.07, 6.45) is 5.31. The number of nitrogens with zero attached hydrogens (tertiary/aromatic N) is 1. The molecule has 0 saturated heterocycles. The maximum Gasteiger partial charge on any atom is 0.250 e. The average molecular weight is 339 g/mol. The van der Waals surface area contributed by atoms with Crippen LogP contribution in [0.25, 0.3) is 0 Å². The van der Waals surface area contributed by atoms with Crippen molar-refractivity contribution in [1.82, 2.24) is 9.88 Å². The Bertz CT molecular complexity index is 781. The second-order valence-corrected chi connectivity index (χ2v) is 6.93. The topological polar surface area (TPSA) is 69.3 Å². The molecular weight excluding hydrogens is 314 g/mol. The van der Waals surface area contributed by atoms with Gasteiger partial charge in [-0.3, -0.25) is 4.79 Å². The van der Waals surface area contributed by atoms with Crippen LogP contribution in [-0.4, -0.2) is 17.1 Å². The van der Waals surface area contributed by atoms with Crippen LogP contribution in [0.5, 0.6) is 5.75 Å². The van der Waals surface area contributed by atoms with E-state index in [0.717, 1.165) is 68.9 Å². The van der Waals surface area contributed by atoms with Crippen LogP contribution in [0.15, 0.2) is 30.3 Å². The number of amides is 1. The van der Waals surface area contributed by atoms with Gasteiger partial charge in [0.1, 0.15) is 5.75 Å². The predicted octanol–water partition coefficient (Wildman–Crippen LogP) is 2.93. The third-order valence-corrected chi connectivity index (χ3v) is 5.32. The van der Waals surface area contributed by atoms with Crippen LogP contribution in [0.2, 0.25) is 0 Å². The zero-order valence-corrected chi connectivity index (χ0v) is 14.5. The van der Waals surface area contributed by atoms with Crippen LogP contribution in [0, 0.1) is 0 Å². The van der Waals surface area contributed by atoms with Crippen molar-refractivity contribution in [3.63, 3.8) is 0 Å². The Morgan fingerprint density at radius 3 is 3.04 bits per heavy atom. The van der Waals surface area contributed by atoms with Crippen LogP contribution in [0.3, 0.4) is 0 Å². The first-order valence-electron chi connectivity index (χ1n) is 9.20. The summed E-state index contributed by atoms with van der Waals surface area (Å²) in [5.74, 6) is 0.664. The second-order valence-electron chi connectivity index (χ2n) is 6.93. The van der Waals surface area contributed by atoms with Crippen molar-refractivity contribution >= 4 is 5.91 Å². The lowest BCUT2D eigenvalue weighted by Gasteiger charge is -2.21. The molecule has 0 aliphatic carbocycles. The van der Waals surface area contributed by atoms with Crippen LogP contribution in [0.4, 0.5) is 0 Å². The third-order valence-electron chi connectivity index (χ3n) is 5.32. The van der Waals surface area contributed by atoms with Crippen molar-refractivity contribution in [3.8, 4) is 5.75 Å². The normalized spacial score (nSPS) is 19.4. The molecule has 0 bridgehead atoms. The fourth-order valence-corrected chi connectivity index (χ4v) is 4.08. The minimum Gasteiger partial charge on any atom is -0.493 e. The van der Waals surface area contributed by atoms with Gasteiger partial charge in [-0.25, -0.2) is 0 Å². The van der Waals surface area contributed by atoms with Gasteiger partial charge >= 0.3 is 0 Å². The lowest BCUT2D eigenvalue weighted by molar-refractivity contribution is 0.0999. The Morgan fingerprint density at radius 2 is 2.16 bits per heavy atom. The van der Waals surface area contributed by atoms with Crippen LogP contribution >= 0.6 is 0 Å². The minimum absolute atomic E-state index is 0.269. The van der Waals surface area contributed by atoms with Crippen molar-refractivity contribution in [2.24, 2.45) is 5.73 Å². The summed E-state index contributed by atoms with van der Waals surface area (Å²) >= 11 is 0. The van der Waals surface area contributed by atoms with Crippen LogP contribution in [0.1, 0.15) is 59.0 Å². The number of nitrogens with one attached hydrogen (secondary N) is 1. The molecule has 1 unspecified atom stereocenters. The molecule has 5 heteroatoms. The molecule has 1 atom stereocenters. The monoisotopic (exact) mass is 339 g/mol. The molecule has 0 spiro atoms. The predicted molar refractivity (Wildman–Crippen MR) is 96.6 cm³/mol. The van der Waals surface area contributed by atoms with E-state index < -0.39 is 0 Å². The Hall–Kier alpha value is -2.27. The molecule has 5 nitrogen and oxygen atoms in total. The molecule has 2 aliphatic heterocycles. The second kappa shape index (κ2) is 6.92. The summed E-state index contributed by atoms with van der Waals surface area (Å²) in [5.41, 5.74) is 9.77. The highest BCUT2D eigenvalue weighted by molar-refractivity contribution is 5.94. The molecule has 0 radical (unpaired) electrons. The molecule has 1 amide bonds. The van der Waals surface area contributed by atoms with Crippen molar-refractivity contribution in [1.29, 1.82) is 0 Å². The van der Waals surface area contributed by atoms with Crippen LogP contribution in [-0.2, 0) is 19.5 Å². The number of benzene rings is 1. The fourth-order valence-electron chi connectivity index (χ4n) is 4.08. The molecular formula is C20H25N3O2. The lowest BCUT2D eigenvalue weighted by atomic mass is 10.0. The number of ether oxygens (including phenoxy) is 1. The van der Waals surface area contributed by atoms with E-state index in [1.807, 2.05) is 18.2 Å². The van der Waals surface area contributed by atoms with E-state index in [-0.39, 0.29) is 11.9 Å². The van der Waals surface area contributed by atoms with E-state index in [1.54, 1.807) is 0 Å². The number of hydrogen-bond acceptors (Lipinski definition) is 3. The number of hydrogen-bond donors (Lipinski definition) is 2. The molecule has 25 heavy (non-hydrogen) atoms.